The molecule has 6 nitrogen and oxygen atoms in total. The van der Waals surface area contributed by atoms with E-state index in [2.05, 4.69) is 15.4 Å². The molecule has 0 aromatic heterocycles. The minimum absolute atomic E-state index is 0.131. The molecule has 0 aliphatic carbocycles. The van der Waals surface area contributed by atoms with Crippen molar-refractivity contribution in [2.75, 3.05) is 17.7 Å². The summed E-state index contributed by atoms with van der Waals surface area (Å²) < 4.78 is 4.44. The number of esters is 1. The van der Waals surface area contributed by atoms with Crippen molar-refractivity contribution < 1.29 is 14.3 Å². The van der Waals surface area contributed by atoms with E-state index >= 15 is 0 Å². The molecule has 0 heterocycles. The van der Waals surface area contributed by atoms with E-state index in [0.29, 0.717) is 11.4 Å². The van der Waals surface area contributed by atoms with E-state index in [1.54, 1.807) is 30.3 Å². The monoisotopic (exact) mass is 259 g/mol. The number of carbonyl (C=O) groups is 2. The normalized spacial score (nSPS) is 10.3. The lowest BCUT2D eigenvalue weighted by molar-refractivity contribution is -0.135. The van der Waals surface area contributed by atoms with Gasteiger partial charge in [0.1, 0.15) is 6.07 Å². The van der Waals surface area contributed by atoms with Gasteiger partial charge in [-0.25, -0.2) is 4.79 Å². The number of benzene rings is 1. The van der Waals surface area contributed by atoms with Gasteiger partial charge in [-0.15, -0.1) is 0 Å². The van der Waals surface area contributed by atoms with Gasteiger partial charge in [-0.1, -0.05) is 0 Å². The zero-order valence-corrected chi connectivity index (χ0v) is 10.6. The van der Waals surface area contributed by atoms with Gasteiger partial charge in [-0.3, -0.25) is 4.79 Å². The molecule has 0 bridgehead atoms. The number of hydrogen-bond donors (Lipinski definition) is 2. The van der Waals surface area contributed by atoms with E-state index < -0.39 is 5.97 Å². The minimum Gasteiger partial charge on any atom is -0.465 e. The Hall–Kier alpha value is -2.81. The van der Waals surface area contributed by atoms with Gasteiger partial charge >= 0.3 is 5.97 Å². The Bertz CT molecular complexity index is 541. The molecular formula is C13H13N3O3. The van der Waals surface area contributed by atoms with Gasteiger partial charge < -0.3 is 15.4 Å². The summed E-state index contributed by atoms with van der Waals surface area (Å²) >= 11 is 0. The van der Waals surface area contributed by atoms with Gasteiger partial charge in [0, 0.05) is 24.5 Å². The molecule has 0 fully saturated rings. The summed E-state index contributed by atoms with van der Waals surface area (Å²) in [6, 6.07) is 8.52. The number of carbonyl (C=O) groups excluding carboxylic acids is 2. The van der Waals surface area contributed by atoms with Crippen molar-refractivity contribution in [2.24, 2.45) is 0 Å². The van der Waals surface area contributed by atoms with Crippen molar-refractivity contribution in [3.05, 3.63) is 36.0 Å². The van der Waals surface area contributed by atoms with Crippen LogP contribution in [0.15, 0.2) is 36.0 Å². The second-order valence-corrected chi connectivity index (χ2v) is 3.56. The predicted molar refractivity (Wildman–Crippen MR) is 70.1 cm³/mol. The number of methoxy groups -OCH3 is 1. The Morgan fingerprint density at radius 1 is 1.26 bits per heavy atom. The van der Waals surface area contributed by atoms with Crippen molar-refractivity contribution in [2.45, 2.75) is 6.92 Å². The molecule has 0 aliphatic heterocycles. The molecule has 0 radical (unpaired) electrons. The smallest absolute Gasteiger partial charge is 0.350 e. The molecule has 0 saturated heterocycles. The summed E-state index contributed by atoms with van der Waals surface area (Å²) in [5, 5.41) is 14.2. The van der Waals surface area contributed by atoms with Crippen LogP contribution < -0.4 is 10.6 Å². The molecular weight excluding hydrogens is 246 g/mol. The fourth-order valence-corrected chi connectivity index (χ4v) is 1.26. The zero-order chi connectivity index (χ0) is 14.3. The van der Waals surface area contributed by atoms with Gasteiger partial charge in [-0.05, 0) is 24.3 Å². The number of rotatable bonds is 4. The highest BCUT2D eigenvalue weighted by Gasteiger charge is 2.07. The third kappa shape index (κ3) is 4.52. The molecule has 98 valence electrons. The molecule has 0 unspecified atom stereocenters. The van der Waals surface area contributed by atoms with Gasteiger partial charge in [0.05, 0.1) is 7.11 Å². The van der Waals surface area contributed by atoms with Gasteiger partial charge in [0.15, 0.2) is 5.57 Å². The Labute approximate surface area is 110 Å². The highest BCUT2D eigenvalue weighted by atomic mass is 16.5. The van der Waals surface area contributed by atoms with Crippen LogP contribution >= 0.6 is 0 Å². The maximum atomic E-state index is 11.1. The first-order valence-corrected chi connectivity index (χ1v) is 5.39. The van der Waals surface area contributed by atoms with E-state index in [1.165, 1.54) is 20.2 Å². The Balaban J connectivity index is 2.73. The number of anilines is 2. The third-order valence-electron chi connectivity index (χ3n) is 2.11. The highest BCUT2D eigenvalue weighted by molar-refractivity contribution is 5.93. The van der Waals surface area contributed by atoms with Crippen LogP contribution in [0.3, 0.4) is 0 Å². The Morgan fingerprint density at radius 2 is 1.84 bits per heavy atom. The summed E-state index contributed by atoms with van der Waals surface area (Å²) in [7, 11) is 1.20. The van der Waals surface area contributed by atoms with Crippen molar-refractivity contribution >= 4 is 23.3 Å². The SMILES string of the molecule is COC(=O)/C(C#N)=C\Nc1ccc(NC(C)=O)cc1. The molecule has 1 aromatic rings. The highest BCUT2D eigenvalue weighted by Crippen LogP contribution is 2.13. The number of nitrogens with zero attached hydrogens (tertiary/aromatic N) is 1. The summed E-state index contributed by atoms with van der Waals surface area (Å²) in [5.41, 5.74) is 1.20. The predicted octanol–water partition coefficient (Wildman–Crippen LogP) is 1.64. The molecule has 0 aliphatic rings. The van der Waals surface area contributed by atoms with Crippen LogP contribution in [0.25, 0.3) is 0 Å². The minimum atomic E-state index is -0.704. The molecule has 1 rings (SSSR count). The van der Waals surface area contributed by atoms with Gasteiger partial charge in [0.25, 0.3) is 0 Å². The fraction of sp³-hybridized carbons (Fsp3) is 0.154. The lowest BCUT2D eigenvalue weighted by atomic mass is 10.2. The first kappa shape index (κ1) is 14.3. The van der Waals surface area contributed by atoms with Gasteiger partial charge in [0.2, 0.25) is 5.91 Å². The number of hydrogen-bond acceptors (Lipinski definition) is 5. The van der Waals surface area contributed by atoms with Crippen LogP contribution in [0.4, 0.5) is 11.4 Å². The molecule has 0 spiro atoms. The quantitative estimate of drug-likeness (QED) is 0.487. The van der Waals surface area contributed by atoms with Crippen LogP contribution in [0, 0.1) is 11.3 Å². The summed E-state index contributed by atoms with van der Waals surface area (Å²) in [5.74, 6) is -0.858. The van der Waals surface area contributed by atoms with Crippen LogP contribution in [0.1, 0.15) is 6.92 Å². The Morgan fingerprint density at radius 3 is 2.32 bits per heavy atom. The van der Waals surface area contributed by atoms with Crippen molar-refractivity contribution in [3.63, 3.8) is 0 Å². The molecule has 0 atom stereocenters. The molecule has 0 saturated carbocycles. The number of nitrogens with one attached hydrogen (secondary N) is 2. The third-order valence-corrected chi connectivity index (χ3v) is 2.11. The molecule has 2 N–H and O–H groups in total. The average Bonchev–Trinajstić information content (AvgIpc) is 2.40. The first-order chi connectivity index (χ1) is 9.06. The van der Waals surface area contributed by atoms with Crippen molar-refractivity contribution in [1.29, 1.82) is 5.26 Å². The average molecular weight is 259 g/mol. The number of ether oxygens (including phenoxy) is 1. The van der Waals surface area contributed by atoms with Crippen molar-refractivity contribution in [3.8, 4) is 6.07 Å². The molecule has 1 aromatic carbocycles. The van der Waals surface area contributed by atoms with E-state index in [-0.39, 0.29) is 11.5 Å². The van der Waals surface area contributed by atoms with Crippen molar-refractivity contribution in [1.82, 2.24) is 0 Å². The summed E-state index contributed by atoms with van der Waals surface area (Å²) in [6.07, 6.45) is 1.26. The Kier molecular flexibility index (Phi) is 5.11. The molecule has 19 heavy (non-hydrogen) atoms. The number of amides is 1. The first-order valence-electron chi connectivity index (χ1n) is 5.39. The fourth-order valence-electron chi connectivity index (χ4n) is 1.26. The summed E-state index contributed by atoms with van der Waals surface area (Å²) in [4.78, 5) is 22.0. The van der Waals surface area contributed by atoms with E-state index in [9.17, 15) is 9.59 Å². The summed E-state index contributed by atoms with van der Waals surface area (Å²) in [6.45, 7) is 1.42. The molecule has 6 heteroatoms. The standard InChI is InChI=1S/C13H13N3O3/c1-9(17)16-12-5-3-11(4-6-12)15-8-10(7-14)13(18)19-2/h3-6,8,15H,1-2H3,(H,16,17)/b10-8-. The lowest BCUT2D eigenvalue weighted by Gasteiger charge is -2.04. The largest absolute Gasteiger partial charge is 0.465 e. The maximum Gasteiger partial charge on any atom is 0.350 e. The van der Waals surface area contributed by atoms with Crippen LogP contribution in [0.2, 0.25) is 0 Å². The van der Waals surface area contributed by atoms with E-state index in [0.717, 1.165) is 0 Å². The van der Waals surface area contributed by atoms with E-state index in [1.807, 2.05) is 0 Å². The topological polar surface area (TPSA) is 91.2 Å². The number of nitriles is 1. The second kappa shape index (κ2) is 6.81. The van der Waals surface area contributed by atoms with Gasteiger partial charge in [-0.2, -0.15) is 5.26 Å². The maximum absolute atomic E-state index is 11.1. The van der Waals surface area contributed by atoms with Crippen LogP contribution in [-0.2, 0) is 14.3 Å². The van der Waals surface area contributed by atoms with Crippen LogP contribution in [0.5, 0.6) is 0 Å². The molecule has 1 amide bonds. The van der Waals surface area contributed by atoms with E-state index in [4.69, 9.17) is 5.26 Å². The van der Waals surface area contributed by atoms with Crippen LogP contribution in [-0.4, -0.2) is 19.0 Å². The lowest BCUT2D eigenvalue weighted by Crippen LogP contribution is -2.06. The zero-order valence-electron chi connectivity index (χ0n) is 10.6. The second-order valence-electron chi connectivity index (χ2n) is 3.56.